The van der Waals surface area contributed by atoms with Gasteiger partial charge in [-0.3, -0.25) is 9.59 Å². The molecule has 27 heavy (non-hydrogen) atoms. The van der Waals surface area contributed by atoms with Crippen LogP contribution in [0.5, 0.6) is 0 Å². The van der Waals surface area contributed by atoms with Gasteiger partial charge in [-0.05, 0) is 23.4 Å². The van der Waals surface area contributed by atoms with Gasteiger partial charge >= 0.3 is 0 Å². The standard InChI is InChI=1S/C20H24Cl2N2O2S/c1-2-3-11-23(20(26)19(21)22)15-18(25)24(14-17-10-7-12-27-17)13-16-8-5-4-6-9-16/h4-10,12,19H,2-3,11,13-15H2,1H3. The minimum atomic E-state index is -1.16. The molecule has 0 radical (unpaired) electrons. The Hall–Kier alpha value is -1.56. The minimum Gasteiger partial charge on any atom is -0.332 e. The average Bonchev–Trinajstić information content (AvgIpc) is 3.17. The van der Waals surface area contributed by atoms with Crippen LogP contribution >= 0.6 is 34.5 Å². The summed E-state index contributed by atoms with van der Waals surface area (Å²) in [5.74, 6) is -0.540. The van der Waals surface area contributed by atoms with Crippen LogP contribution in [0.4, 0.5) is 0 Å². The fourth-order valence-electron chi connectivity index (χ4n) is 2.64. The lowest BCUT2D eigenvalue weighted by molar-refractivity contribution is -0.140. The third-order valence-corrected chi connectivity index (χ3v) is 5.34. The predicted octanol–water partition coefficient (Wildman–Crippen LogP) is 4.71. The number of rotatable bonds is 10. The van der Waals surface area contributed by atoms with Gasteiger partial charge in [0.05, 0.1) is 13.1 Å². The first-order chi connectivity index (χ1) is 13.0. The summed E-state index contributed by atoms with van der Waals surface area (Å²) in [6, 6.07) is 13.8. The van der Waals surface area contributed by atoms with Gasteiger partial charge in [-0.15, -0.1) is 11.3 Å². The zero-order valence-electron chi connectivity index (χ0n) is 15.3. The molecule has 0 aliphatic rings. The zero-order chi connectivity index (χ0) is 19.6. The van der Waals surface area contributed by atoms with Crippen molar-refractivity contribution in [1.29, 1.82) is 0 Å². The van der Waals surface area contributed by atoms with Gasteiger partial charge in [-0.2, -0.15) is 0 Å². The molecule has 4 nitrogen and oxygen atoms in total. The zero-order valence-corrected chi connectivity index (χ0v) is 17.6. The molecule has 2 aromatic rings. The van der Waals surface area contributed by atoms with Crippen LogP contribution < -0.4 is 0 Å². The highest BCUT2D eigenvalue weighted by Crippen LogP contribution is 2.16. The van der Waals surface area contributed by atoms with E-state index in [1.165, 1.54) is 4.90 Å². The van der Waals surface area contributed by atoms with E-state index in [0.717, 1.165) is 23.3 Å². The number of halogens is 2. The molecule has 0 fully saturated rings. The number of carbonyl (C=O) groups excluding carboxylic acids is 2. The molecule has 0 saturated heterocycles. The third kappa shape index (κ3) is 7.17. The number of nitrogens with zero attached hydrogens (tertiary/aromatic N) is 2. The lowest BCUT2D eigenvalue weighted by Crippen LogP contribution is -2.44. The van der Waals surface area contributed by atoms with Crippen molar-refractivity contribution in [3.8, 4) is 0 Å². The summed E-state index contributed by atoms with van der Waals surface area (Å²) in [4.78, 5) is 28.5. The summed E-state index contributed by atoms with van der Waals surface area (Å²) in [5.41, 5.74) is 1.04. The molecular weight excluding hydrogens is 403 g/mol. The first-order valence-corrected chi connectivity index (χ1v) is 10.7. The lowest BCUT2D eigenvalue weighted by Gasteiger charge is -2.28. The van der Waals surface area contributed by atoms with E-state index in [9.17, 15) is 9.59 Å². The summed E-state index contributed by atoms with van der Waals surface area (Å²) in [6.45, 7) is 3.47. The van der Waals surface area contributed by atoms with E-state index in [1.54, 1.807) is 16.2 Å². The highest BCUT2D eigenvalue weighted by Gasteiger charge is 2.25. The first kappa shape index (κ1) is 21.7. The number of hydrogen-bond donors (Lipinski definition) is 0. The van der Waals surface area contributed by atoms with Gasteiger partial charge < -0.3 is 9.80 Å². The van der Waals surface area contributed by atoms with E-state index < -0.39 is 10.7 Å². The second-order valence-electron chi connectivity index (χ2n) is 6.23. The van der Waals surface area contributed by atoms with Crippen LogP contribution in [0, 0.1) is 0 Å². The van der Waals surface area contributed by atoms with Crippen molar-refractivity contribution in [2.75, 3.05) is 13.1 Å². The molecule has 0 saturated carbocycles. The summed E-state index contributed by atoms with van der Waals surface area (Å²) >= 11 is 13.1. The third-order valence-electron chi connectivity index (χ3n) is 4.10. The number of thiophene rings is 1. The van der Waals surface area contributed by atoms with Gasteiger partial charge in [0.1, 0.15) is 0 Å². The van der Waals surface area contributed by atoms with Gasteiger partial charge in [0.25, 0.3) is 5.91 Å². The Morgan fingerprint density at radius 1 is 1.04 bits per heavy atom. The largest absolute Gasteiger partial charge is 0.332 e. The van der Waals surface area contributed by atoms with Gasteiger partial charge in [0.15, 0.2) is 4.84 Å². The Bertz CT molecular complexity index is 708. The van der Waals surface area contributed by atoms with Crippen LogP contribution in [-0.4, -0.2) is 39.5 Å². The fraction of sp³-hybridized carbons (Fsp3) is 0.400. The van der Waals surface area contributed by atoms with Crippen LogP contribution in [0.15, 0.2) is 47.8 Å². The quantitative estimate of drug-likeness (QED) is 0.516. The normalized spacial score (nSPS) is 10.8. The number of amides is 2. The van der Waals surface area contributed by atoms with Crippen molar-refractivity contribution in [2.24, 2.45) is 0 Å². The lowest BCUT2D eigenvalue weighted by atomic mass is 10.2. The molecule has 0 spiro atoms. The molecule has 0 atom stereocenters. The Morgan fingerprint density at radius 3 is 2.37 bits per heavy atom. The van der Waals surface area contributed by atoms with E-state index in [4.69, 9.17) is 23.2 Å². The molecule has 7 heteroatoms. The fourth-order valence-corrected chi connectivity index (χ4v) is 3.64. The van der Waals surface area contributed by atoms with Gasteiger partial charge in [0.2, 0.25) is 5.91 Å². The highest BCUT2D eigenvalue weighted by molar-refractivity contribution is 7.09. The molecule has 0 N–H and O–H groups in total. The Balaban J connectivity index is 2.13. The van der Waals surface area contributed by atoms with Crippen LogP contribution in [0.2, 0.25) is 0 Å². The molecule has 1 aromatic carbocycles. The van der Waals surface area contributed by atoms with Crippen molar-refractivity contribution < 1.29 is 9.59 Å². The van der Waals surface area contributed by atoms with E-state index >= 15 is 0 Å². The Morgan fingerprint density at radius 2 is 1.78 bits per heavy atom. The van der Waals surface area contributed by atoms with E-state index in [2.05, 4.69) is 0 Å². The smallest absolute Gasteiger partial charge is 0.256 e. The summed E-state index contributed by atoms with van der Waals surface area (Å²) in [6.07, 6.45) is 1.71. The molecular formula is C20H24Cl2N2O2S. The summed E-state index contributed by atoms with van der Waals surface area (Å²) < 4.78 is 0. The number of hydrogen-bond acceptors (Lipinski definition) is 3. The molecule has 2 amide bonds. The monoisotopic (exact) mass is 426 g/mol. The van der Waals surface area contributed by atoms with Gasteiger partial charge in [-0.25, -0.2) is 0 Å². The van der Waals surface area contributed by atoms with E-state index in [0.29, 0.717) is 19.6 Å². The van der Waals surface area contributed by atoms with Crippen molar-refractivity contribution in [2.45, 2.75) is 37.7 Å². The second kappa shape index (κ2) is 11.3. The van der Waals surface area contributed by atoms with Crippen LogP contribution in [0.3, 0.4) is 0 Å². The SMILES string of the molecule is CCCCN(CC(=O)N(Cc1ccccc1)Cc1cccs1)C(=O)C(Cl)Cl. The van der Waals surface area contributed by atoms with E-state index in [-0.39, 0.29) is 12.5 Å². The van der Waals surface area contributed by atoms with Gasteiger partial charge in [0, 0.05) is 18.0 Å². The maximum absolute atomic E-state index is 13.0. The van der Waals surface area contributed by atoms with Crippen LogP contribution in [-0.2, 0) is 22.7 Å². The Labute approximate surface area is 174 Å². The van der Waals surface area contributed by atoms with Crippen molar-refractivity contribution in [3.05, 3.63) is 58.3 Å². The maximum Gasteiger partial charge on any atom is 0.256 e. The molecule has 0 aliphatic carbocycles. The minimum absolute atomic E-state index is 0.0209. The average molecular weight is 427 g/mol. The molecule has 0 unspecified atom stereocenters. The van der Waals surface area contributed by atoms with Crippen LogP contribution in [0.25, 0.3) is 0 Å². The second-order valence-corrected chi connectivity index (χ2v) is 8.36. The molecule has 2 rings (SSSR count). The predicted molar refractivity (Wildman–Crippen MR) is 112 cm³/mol. The molecule has 0 bridgehead atoms. The number of carbonyl (C=O) groups is 2. The Kier molecular flexibility index (Phi) is 9.11. The number of unbranched alkanes of at least 4 members (excludes halogenated alkanes) is 1. The summed E-state index contributed by atoms with van der Waals surface area (Å²) in [7, 11) is 0. The van der Waals surface area contributed by atoms with Crippen molar-refractivity contribution >= 4 is 46.4 Å². The van der Waals surface area contributed by atoms with Crippen molar-refractivity contribution in [3.63, 3.8) is 0 Å². The molecule has 146 valence electrons. The summed E-state index contributed by atoms with van der Waals surface area (Å²) in [5, 5.41) is 1.99. The molecule has 1 aromatic heterocycles. The van der Waals surface area contributed by atoms with Crippen molar-refractivity contribution in [1.82, 2.24) is 9.80 Å². The maximum atomic E-state index is 13.0. The number of alkyl halides is 2. The first-order valence-electron chi connectivity index (χ1n) is 8.92. The van der Waals surface area contributed by atoms with Crippen LogP contribution in [0.1, 0.15) is 30.2 Å². The van der Waals surface area contributed by atoms with E-state index in [1.807, 2.05) is 54.8 Å². The molecule has 1 heterocycles. The number of benzene rings is 1. The van der Waals surface area contributed by atoms with Gasteiger partial charge in [-0.1, -0.05) is 72.9 Å². The molecule has 0 aliphatic heterocycles. The topological polar surface area (TPSA) is 40.6 Å². The highest BCUT2D eigenvalue weighted by atomic mass is 35.5.